The summed E-state index contributed by atoms with van der Waals surface area (Å²) in [5.74, 6) is -0.244. The molecule has 0 unspecified atom stereocenters. The predicted molar refractivity (Wildman–Crippen MR) is 83.9 cm³/mol. The van der Waals surface area contributed by atoms with Gasteiger partial charge in [-0.05, 0) is 35.2 Å². The molecule has 7 heteroatoms. The van der Waals surface area contributed by atoms with Gasteiger partial charge in [0.1, 0.15) is 12.4 Å². The number of alkyl halides is 3. The zero-order chi connectivity index (χ0) is 17.9. The van der Waals surface area contributed by atoms with Crippen molar-refractivity contribution in [3.8, 4) is 5.75 Å². The Labute approximate surface area is 142 Å². The molecule has 0 aliphatic carbocycles. The summed E-state index contributed by atoms with van der Waals surface area (Å²) in [7, 11) is 0. The first-order valence-corrected chi connectivity index (χ1v) is 7.74. The van der Waals surface area contributed by atoms with Crippen molar-refractivity contribution in [2.45, 2.75) is 25.9 Å². The molecular weight excluding hydrogens is 335 g/mol. The number of hydrogen-bond donors (Lipinski definition) is 0. The number of amides is 1. The Kier molecular flexibility index (Phi) is 4.83. The normalized spacial score (nSPS) is 14.0. The number of carbonyl (C=O) groups is 1. The first-order chi connectivity index (χ1) is 11.9. The Balaban J connectivity index is 1.60. The third-order valence-electron chi connectivity index (χ3n) is 3.89. The van der Waals surface area contributed by atoms with E-state index in [4.69, 9.17) is 4.74 Å². The fraction of sp³-hybridized carbons (Fsp3) is 0.278. The lowest BCUT2D eigenvalue weighted by molar-refractivity contribution is -0.274. The summed E-state index contributed by atoms with van der Waals surface area (Å²) in [5.41, 5.74) is 2.42. The van der Waals surface area contributed by atoms with Crippen molar-refractivity contribution in [3.05, 3.63) is 65.2 Å². The molecule has 3 rings (SSSR count). The Hall–Kier alpha value is -2.70. The molecule has 4 nitrogen and oxygen atoms in total. The van der Waals surface area contributed by atoms with Gasteiger partial charge in [-0.3, -0.25) is 0 Å². The van der Waals surface area contributed by atoms with Crippen molar-refractivity contribution in [2.24, 2.45) is 0 Å². The van der Waals surface area contributed by atoms with Crippen molar-refractivity contribution in [1.82, 2.24) is 4.90 Å². The van der Waals surface area contributed by atoms with Crippen LogP contribution in [0.4, 0.5) is 18.0 Å². The summed E-state index contributed by atoms with van der Waals surface area (Å²) in [5, 5.41) is 0. The monoisotopic (exact) mass is 351 g/mol. The molecule has 0 N–H and O–H groups in total. The van der Waals surface area contributed by atoms with E-state index < -0.39 is 12.5 Å². The van der Waals surface area contributed by atoms with E-state index in [1.807, 2.05) is 30.3 Å². The molecule has 132 valence electrons. The van der Waals surface area contributed by atoms with Gasteiger partial charge < -0.3 is 14.4 Å². The van der Waals surface area contributed by atoms with E-state index in [9.17, 15) is 18.0 Å². The van der Waals surface area contributed by atoms with Crippen LogP contribution in [0.2, 0.25) is 0 Å². The molecule has 25 heavy (non-hydrogen) atoms. The van der Waals surface area contributed by atoms with Crippen LogP contribution in [0.3, 0.4) is 0 Å². The maximum Gasteiger partial charge on any atom is 0.573 e. The molecule has 1 heterocycles. The van der Waals surface area contributed by atoms with Crippen LogP contribution in [0, 0.1) is 0 Å². The van der Waals surface area contributed by atoms with Gasteiger partial charge in [-0.1, -0.05) is 36.4 Å². The van der Waals surface area contributed by atoms with Gasteiger partial charge in [-0.15, -0.1) is 13.2 Å². The van der Waals surface area contributed by atoms with Crippen LogP contribution in [0.25, 0.3) is 0 Å². The zero-order valence-corrected chi connectivity index (χ0v) is 13.3. The van der Waals surface area contributed by atoms with E-state index in [2.05, 4.69) is 4.74 Å². The van der Waals surface area contributed by atoms with Gasteiger partial charge in [0.05, 0.1) is 0 Å². The van der Waals surface area contributed by atoms with Crippen LogP contribution in [0.15, 0.2) is 48.5 Å². The molecule has 2 aromatic rings. The molecule has 0 fully saturated rings. The molecule has 0 spiro atoms. The van der Waals surface area contributed by atoms with Crippen LogP contribution >= 0.6 is 0 Å². The molecule has 1 aliphatic heterocycles. The summed E-state index contributed by atoms with van der Waals surface area (Å²) in [6.07, 6.45) is -4.70. The number of benzene rings is 2. The van der Waals surface area contributed by atoms with Gasteiger partial charge in [0.25, 0.3) is 0 Å². The second-order valence-corrected chi connectivity index (χ2v) is 5.69. The average Bonchev–Trinajstić information content (AvgIpc) is 2.58. The van der Waals surface area contributed by atoms with Gasteiger partial charge >= 0.3 is 12.5 Å². The van der Waals surface area contributed by atoms with Crippen LogP contribution < -0.4 is 4.74 Å². The number of ether oxygens (including phenoxy) is 2. The maximum atomic E-state index is 12.3. The van der Waals surface area contributed by atoms with E-state index in [0.717, 1.165) is 16.7 Å². The minimum absolute atomic E-state index is 0.182. The molecular formula is C18H16F3NO3. The van der Waals surface area contributed by atoms with Crippen molar-refractivity contribution < 1.29 is 27.4 Å². The standard InChI is InChI=1S/C18H16F3NO3/c19-18(20,21)25-16-7-6-15-11-22(9-8-14(15)10-16)17(23)24-12-13-4-2-1-3-5-13/h1-7,10H,8-9,11-12H2. The second-order valence-electron chi connectivity index (χ2n) is 5.69. The van der Waals surface area contributed by atoms with Crippen molar-refractivity contribution in [3.63, 3.8) is 0 Å². The van der Waals surface area contributed by atoms with Crippen molar-refractivity contribution in [1.29, 1.82) is 0 Å². The van der Waals surface area contributed by atoms with Crippen LogP contribution in [-0.2, 0) is 24.3 Å². The second kappa shape index (κ2) is 7.04. The van der Waals surface area contributed by atoms with Crippen LogP contribution in [-0.4, -0.2) is 23.9 Å². The largest absolute Gasteiger partial charge is 0.573 e. The highest BCUT2D eigenvalue weighted by Gasteiger charge is 2.31. The van der Waals surface area contributed by atoms with Crippen LogP contribution in [0.1, 0.15) is 16.7 Å². The van der Waals surface area contributed by atoms with E-state index in [0.29, 0.717) is 19.5 Å². The quantitative estimate of drug-likeness (QED) is 0.828. The zero-order valence-electron chi connectivity index (χ0n) is 13.3. The van der Waals surface area contributed by atoms with E-state index in [-0.39, 0.29) is 12.4 Å². The first kappa shape index (κ1) is 17.1. The van der Waals surface area contributed by atoms with Gasteiger partial charge in [-0.25, -0.2) is 4.79 Å². The molecule has 2 aromatic carbocycles. The topological polar surface area (TPSA) is 38.8 Å². The fourth-order valence-electron chi connectivity index (χ4n) is 2.69. The molecule has 0 bridgehead atoms. The Morgan fingerprint density at radius 2 is 1.84 bits per heavy atom. The van der Waals surface area contributed by atoms with Crippen molar-refractivity contribution in [2.75, 3.05) is 6.54 Å². The molecule has 0 saturated heterocycles. The third kappa shape index (κ3) is 4.65. The fourth-order valence-corrected chi connectivity index (χ4v) is 2.69. The Morgan fingerprint density at radius 1 is 1.08 bits per heavy atom. The number of nitrogens with zero attached hydrogens (tertiary/aromatic N) is 1. The lowest BCUT2D eigenvalue weighted by Crippen LogP contribution is -2.36. The molecule has 0 saturated carbocycles. The van der Waals surface area contributed by atoms with E-state index >= 15 is 0 Å². The van der Waals surface area contributed by atoms with E-state index in [1.54, 1.807) is 6.07 Å². The minimum Gasteiger partial charge on any atom is -0.445 e. The SMILES string of the molecule is O=C(OCc1ccccc1)N1CCc2cc(OC(F)(F)F)ccc2C1. The summed E-state index contributed by atoms with van der Waals surface area (Å²) >= 11 is 0. The smallest absolute Gasteiger partial charge is 0.445 e. The summed E-state index contributed by atoms with van der Waals surface area (Å²) in [4.78, 5) is 13.7. The predicted octanol–water partition coefficient (Wildman–Crippen LogP) is 4.28. The lowest BCUT2D eigenvalue weighted by Gasteiger charge is -2.28. The highest BCUT2D eigenvalue weighted by atomic mass is 19.4. The minimum atomic E-state index is -4.71. The van der Waals surface area contributed by atoms with Crippen LogP contribution in [0.5, 0.6) is 5.75 Å². The van der Waals surface area contributed by atoms with Crippen molar-refractivity contribution >= 4 is 6.09 Å². The lowest BCUT2D eigenvalue weighted by atomic mass is 10.00. The van der Waals surface area contributed by atoms with Gasteiger partial charge in [0, 0.05) is 13.1 Å². The van der Waals surface area contributed by atoms with E-state index in [1.165, 1.54) is 17.0 Å². The number of halogens is 3. The van der Waals surface area contributed by atoms with Gasteiger partial charge in [0.2, 0.25) is 0 Å². The van der Waals surface area contributed by atoms with Gasteiger partial charge in [-0.2, -0.15) is 0 Å². The molecule has 0 atom stereocenters. The molecule has 1 amide bonds. The maximum absolute atomic E-state index is 12.3. The third-order valence-corrected chi connectivity index (χ3v) is 3.89. The summed E-state index contributed by atoms with van der Waals surface area (Å²) in [6, 6.07) is 13.5. The molecule has 0 radical (unpaired) electrons. The molecule has 1 aliphatic rings. The summed E-state index contributed by atoms with van der Waals surface area (Å²) < 4.78 is 46.0. The highest BCUT2D eigenvalue weighted by molar-refractivity contribution is 5.68. The average molecular weight is 351 g/mol. The number of hydrogen-bond acceptors (Lipinski definition) is 3. The summed E-state index contributed by atoms with van der Waals surface area (Å²) in [6.45, 7) is 0.868. The number of rotatable bonds is 3. The molecule has 0 aromatic heterocycles. The Bertz CT molecular complexity index is 747. The Morgan fingerprint density at radius 3 is 2.56 bits per heavy atom. The van der Waals surface area contributed by atoms with Gasteiger partial charge in [0.15, 0.2) is 0 Å². The number of fused-ring (bicyclic) bond motifs is 1. The number of carbonyl (C=O) groups excluding carboxylic acids is 1. The highest BCUT2D eigenvalue weighted by Crippen LogP contribution is 2.28. The first-order valence-electron chi connectivity index (χ1n) is 7.74.